The molecule has 1 aliphatic carbocycles. The average Bonchev–Trinajstić information content (AvgIpc) is 2.57. The minimum atomic E-state index is 0.451. The van der Waals surface area contributed by atoms with Gasteiger partial charge in [0.15, 0.2) is 5.15 Å². The van der Waals surface area contributed by atoms with Crippen LogP contribution in [0, 0.1) is 12.8 Å². The van der Waals surface area contributed by atoms with Crippen LogP contribution >= 0.6 is 23.2 Å². The second-order valence-electron chi connectivity index (χ2n) is 4.59. The molecule has 4 heteroatoms. The van der Waals surface area contributed by atoms with E-state index in [1.54, 1.807) is 0 Å². The van der Waals surface area contributed by atoms with E-state index in [4.69, 9.17) is 23.2 Å². The van der Waals surface area contributed by atoms with Gasteiger partial charge in [0.2, 0.25) is 0 Å². The van der Waals surface area contributed by atoms with Gasteiger partial charge in [-0.25, -0.2) is 4.98 Å². The van der Waals surface area contributed by atoms with Gasteiger partial charge in [-0.1, -0.05) is 36.5 Å². The molecular weight excluding hydrogens is 243 g/mol. The van der Waals surface area contributed by atoms with Gasteiger partial charge in [-0.05, 0) is 37.3 Å². The molecule has 0 amide bonds. The summed E-state index contributed by atoms with van der Waals surface area (Å²) in [4.78, 5) is 4.07. The summed E-state index contributed by atoms with van der Waals surface area (Å²) in [5.74, 6) is 0.700. The highest BCUT2D eigenvalue weighted by Gasteiger charge is 2.24. The minimum absolute atomic E-state index is 0.451. The van der Waals surface area contributed by atoms with Gasteiger partial charge in [-0.3, -0.25) is 0 Å². The Labute approximate surface area is 106 Å². The van der Waals surface area contributed by atoms with E-state index in [0.717, 1.165) is 11.3 Å². The van der Waals surface area contributed by atoms with Crippen LogP contribution in [0.3, 0.4) is 0 Å². The highest BCUT2D eigenvalue weighted by atomic mass is 35.5. The van der Waals surface area contributed by atoms with Crippen molar-refractivity contribution in [2.24, 2.45) is 5.92 Å². The number of hydrogen-bond donors (Lipinski definition) is 1. The normalized spacial score (nSPS) is 24.8. The highest BCUT2D eigenvalue weighted by molar-refractivity contribution is 6.34. The third-order valence-corrected chi connectivity index (χ3v) is 3.80. The largest absolute Gasteiger partial charge is 0.379 e. The predicted octanol–water partition coefficient (Wildman–Crippen LogP) is 4.30. The lowest BCUT2D eigenvalue weighted by Crippen LogP contribution is -2.22. The molecule has 2 unspecified atom stereocenters. The number of nitrogens with one attached hydrogen (secondary N) is 1. The Bertz CT molecular complexity index is 370. The van der Waals surface area contributed by atoms with E-state index in [2.05, 4.69) is 17.2 Å². The molecule has 0 bridgehead atoms. The molecule has 1 heterocycles. The van der Waals surface area contributed by atoms with Crippen LogP contribution in [0.2, 0.25) is 10.3 Å². The van der Waals surface area contributed by atoms with Crippen LogP contribution < -0.4 is 5.32 Å². The lowest BCUT2D eigenvalue weighted by molar-refractivity contribution is 0.556. The van der Waals surface area contributed by atoms with Crippen molar-refractivity contribution in [3.05, 3.63) is 21.9 Å². The maximum absolute atomic E-state index is 6.10. The second-order valence-corrected chi connectivity index (χ2v) is 5.33. The van der Waals surface area contributed by atoms with E-state index in [9.17, 15) is 0 Å². The summed E-state index contributed by atoms with van der Waals surface area (Å²) < 4.78 is 0. The summed E-state index contributed by atoms with van der Waals surface area (Å²) in [7, 11) is 0. The van der Waals surface area contributed by atoms with Gasteiger partial charge >= 0.3 is 0 Å². The third-order valence-electron chi connectivity index (χ3n) is 3.33. The Hall–Kier alpha value is -0.470. The smallest absolute Gasteiger partial charge is 0.154 e. The van der Waals surface area contributed by atoms with E-state index in [-0.39, 0.29) is 0 Å². The first-order valence-electron chi connectivity index (χ1n) is 5.67. The average molecular weight is 259 g/mol. The van der Waals surface area contributed by atoms with Gasteiger partial charge in [0.05, 0.1) is 5.69 Å². The van der Waals surface area contributed by atoms with Crippen molar-refractivity contribution in [1.29, 1.82) is 0 Å². The molecule has 88 valence electrons. The summed E-state index contributed by atoms with van der Waals surface area (Å²) >= 11 is 11.9. The van der Waals surface area contributed by atoms with Crippen molar-refractivity contribution in [2.75, 3.05) is 5.32 Å². The molecule has 0 saturated heterocycles. The van der Waals surface area contributed by atoms with E-state index < -0.39 is 0 Å². The van der Waals surface area contributed by atoms with Crippen LogP contribution in [0.5, 0.6) is 0 Å². The quantitative estimate of drug-likeness (QED) is 0.801. The molecule has 1 aliphatic rings. The number of rotatable bonds is 2. The molecule has 0 aromatic carbocycles. The molecule has 1 aromatic rings. The van der Waals surface area contributed by atoms with Crippen molar-refractivity contribution in [3.8, 4) is 0 Å². The van der Waals surface area contributed by atoms with Crippen LogP contribution in [0.15, 0.2) is 6.07 Å². The highest BCUT2D eigenvalue weighted by Crippen LogP contribution is 2.32. The molecule has 1 saturated carbocycles. The first kappa shape index (κ1) is 12.0. The number of nitrogens with zero attached hydrogens (tertiary/aromatic N) is 1. The van der Waals surface area contributed by atoms with Crippen LogP contribution in [0.4, 0.5) is 5.69 Å². The Morgan fingerprint density at radius 1 is 1.38 bits per heavy atom. The van der Waals surface area contributed by atoms with Gasteiger partial charge < -0.3 is 5.32 Å². The van der Waals surface area contributed by atoms with Gasteiger partial charge in [-0.2, -0.15) is 0 Å². The second kappa shape index (κ2) is 4.80. The maximum Gasteiger partial charge on any atom is 0.154 e. The van der Waals surface area contributed by atoms with E-state index in [1.807, 2.05) is 13.0 Å². The molecule has 1 fully saturated rings. The fourth-order valence-corrected chi connectivity index (χ4v) is 2.90. The summed E-state index contributed by atoms with van der Waals surface area (Å²) in [6.45, 7) is 4.28. The summed E-state index contributed by atoms with van der Waals surface area (Å²) in [5, 5.41) is 4.43. The Morgan fingerprint density at radius 2 is 2.12 bits per heavy atom. The van der Waals surface area contributed by atoms with Crippen LogP contribution in [0.1, 0.15) is 31.7 Å². The van der Waals surface area contributed by atoms with Gasteiger partial charge in [0.1, 0.15) is 5.15 Å². The van der Waals surface area contributed by atoms with E-state index in [1.165, 1.54) is 19.3 Å². The standard InChI is InChI=1S/C12H16Cl2N2/c1-7-4-3-5-9(7)15-11-8(2)6-10(13)16-12(11)14/h6-7,9,15H,3-5H2,1-2H3. The number of hydrogen-bond acceptors (Lipinski definition) is 2. The molecule has 16 heavy (non-hydrogen) atoms. The molecule has 0 aliphatic heterocycles. The van der Waals surface area contributed by atoms with Crippen molar-refractivity contribution in [3.63, 3.8) is 0 Å². The fourth-order valence-electron chi connectivity index (χ4n) is 2.31. The van der Waals surface area contributed by atoms with Gasteiger partial charge in [0, 0.05) is 6.04 Å². The zero-order chi connectivity index (χ0) is 11.7. The Morgan fingerprint density at radius 3 is 2.69 bits per heavy atom. The topological polar surface area (TPSA) is 24.9 Å². The summed E-state index contributed by atoms with van der Waals surface area (Å²) in [6, 6.07) is 2.36. The lowest BCUT2D eigenvalue weighted by Gasteiger charge is -2.20. The summed E-state index contributed by atoms with van der Waals surface area (Å²) in [6.07, 6.45) is 3.78. The predicted molar refractivity (Wildman–Crippen MR) is 69.4 cm³/mol. The zero-order valence-electron chi connectivity index (χ0n) is 9.56. The Balaban J connectivity index is 2.21. The van der Waals surface area contributed by atoms with Crippen molar-refractivity contribution in [1.82, 2.24) is 4.98 Å². The molecular formula is C12H16Cl2N2. The third kappa shape index (κ3) is 2.44. The first-order valence-corrected chi connectivity index (χ1v) is 6.42. The molecule has 1 aromatic heterocycles. The molecule has 2 atom stereocenters. The van der Waals surface area contributed by atoms with E-state index >= 15 is 0 Å². The Kier molecular flexibility index (Phi) is 3.60. The number of pyridine rings is 1. The number of aromatic nitrogens is 1. The van der Waals surface area contributed by atoms with E-state index in [0.29, 0.717) is 22.3 Å². The fraction of sp³-hybridized carbons (Fsp3) is 0.583. The molecule has 2 nitrogen and oxygen atoms in total. The maximum atomic E-state index is 6.10. The first-order chi connectivity index (χ1) is 7.58. The number of aryl methyl sites for hydroxylation is 1. The number of anilines is 1. The van der Waals surface area contributed by atoms with Crippen molar-refractivity contribution in [2.45, 2.75) is 39.2 Å². The van der Waals surface area contributed by atoms with Crippen molar-refractivity contribution >= 4 is 28.9 Å². The summed E-state index contributed by atoms with van der Waals surface area (Å²) in [5.41, 5.74) is 1.99. The van der Waals surface area contributed by atoms with Gasteiger partial charge in [-0.15, -0.1) is 0 Å². The monoisotopic (exact) mass is 258 g/mol. The molecule has 2 rings (SSSR count). The molecule has 1 N–H and O–H groups in total. The number of halogens is 2. The van der Waals surface area contributed by atoms with Crippen molar-refractivity contribution < 1.29 is 0 Å². The van der Waals surface area contributed by atoms with Crippen LogP contribution in [-0.4, -0.2) is 11.0 Å². The van der Waals surface area contributed by atoms with Gasteiger partial charge in [0.25, 0.3) is 0 Å². The van der Waals surface area contributed by atoms with Crippen LogP contribution in [-0.2, 0) is 0 Å². The minimum Gasteiger partial charge on any atom is -0.379 e. The SMILES string of the molecule is Cc1cc(Cl)nc(Cl)c1NC1CCCC1C. The molecule has 0 radical (unpaired) electrons. The van der Waals surface area contributed by atoms with Crippen LogP contribution in [0.25, 0.3) is 0 Å². The lowest BCUT2D eigenvalue weighted by atomic mass is 10.1. The zero-order valence-corrected chi connectivity index (χ0v) is 11.1. The molecule has 0 spiro atoms.